The molecular weight excluding hydrogens is 504 g/mol. The Morgan fingerprint density at radius 2 is 1.95 bits per heavy atom. The van der Waals surface area contributed by atoms with Crippen LogP contribution in [0.15, 0.2) is 48.1 Å². The smallest absolute Gasteiger partial charge is 0.331 e. The number of unbranched alkanes of at least 4 members (excludes halogenated alkanes) is 3. The molecule has 0 aromatic heterocycles. The molecule has 3 aliphatic carbocycles. The summed E-state index contributed by atoms with van der Waals surface area (Å²) in [6, 6.07) is 0. The molecule has 10 atom stereocenters. The second-order valence-electron chi connectivity index (χ2n) is 11.9. The summed E-state index contributed by atoms with van der Waals surface area (Å²) in [6.07, 6.45) is 7.51. The van der Waals surface area contributed by atoms with Crippen LogP contribution in [-0.2, 0) is 19.1 Å². The van der Waals surface area contributed by atoms with Gasteiger partial charge in [-0.2, -0.15) is 0 Å². The number of Topliss-reactive ketones (excluding diaryl/α,β-unsaturated/α-hetero) is 1. The molecule has 0 amide bonds. The first-order valence-electron chi connectivity index (χ1n) is 13.8. The van der Waals surface area contributed by atoms with Crippen LogP contribution in [0.4, 0.5) is 0 Å². The zero-order valence-electron chi connectivity index (χ0n) is 23.2. The highest BCUT2D eigenvalue weighted by molar-refractivity contribution is 6.05. The first kappa shape index (κ1) is 29.8. The molecule has 3 fully saturated rings. The van der Waals surface area contributed by atoms with E-state index in [1.54, 1.807) is 26.0 Å². The Morgan fingerprint density at radius 3 is 2.56 bits per heavy atom. The topological polar surface area (TPSA) is 157 Å². The second kappa shape index (κ2) is 10.4. The molecule has 0 aromatic rings. The fourth-order valence-electron chi connectivity index (χ4n) is 7.26. The van der Waals surface area contributed by atoms with Crippen molar-refractivity contribution in [3.05, 3.63) is 48.1 Å². The fraction of sp³-hybridized carbons (Fsp3) is 0.667. The van der Waals surface area contributed by atoms with Crippen molar-refractivity contribution in [2.75, 3.05) is 6.61 Å². The average Bonchev–Trinajstić information content (AvgIpc) is 3.57. The molecule has 39 heavy (non-hydrogen) atoms. The van der Waals surface area contributed by atoms with Crippen LogP contribution in [0.1, 0.15) is 59.8 Å². The number of ether oxygens (including phenoxy) is 2. The fourth-order valence-corrected chi connectivity index (χ4v) is 7.26. The van der Waals surface area contributed by atoms with Crippen LogP contribution in [0.2, 0.25) is 0 Å². The molecule has 9 heteroatoms. The molecule has 5 N–H and O–H groups in total. The number of hydrogen-bond acceptors (Lipinski definition) is 9. The van der Waals surface area contributed by atoms with Gasteiger partial charge in [-0.05, 0) is 50.2 Å². The number of aliphatic hydroxyl groups is 5. The lowest BCUT2D eigenvalue weighted by molar-refractivity contribution is -0.252. The van der Waals surface area contributed by atoms with E-state index in [4.69, 9.17) is 9.47 Å². The quantitative estimate of drug-likeness (QED) is 0.0725. The van der Waals surface area contributed by atoms with Gasteiger partial charge in [-0.3, -0.25) is 4.79 Å². The van der Waals surface area contributed by atoms with E-state index in [9.17, 15) is 35.1 Å². The molecule has 0 spiro atoms. The standard InChI is InChI=1S/C30H42O9/c1-6-7-8-9-10-11-12-13-21(32)38-27(17(2)3)15-19(5)29(36)20-14-18(4)23(33)30(20,37)26(35)28(16-31)25(39-28)22(29)24(27)34/h10-14,19-20,22,24-26,31,34-37H,2,6-9,15-16H2,1,3-5H3. The molecule has 2 saturated carbocycles. The summed E-state index contributed by atoms with van der Waals surface area (Å²) < 4.78 is 11.7. The third kappa shape index (κ3) is 4.21. The molecule has 216 valence electrons. The van der Waals surface area contributed by atoms with Crippen LogP contribution in [0.5, 0.6) is 0 Å². The van der Waals surface area contributed by atoms with Gasteiger partial charge >= 0.3 is 5.97 Å². The summed E-state index contributed by atoms with van der Waals surface area (Å²) >= 11 is 0. The van der Waals surface area contributed by atoms with Crippen LogP contribution in [0.25, 0.3) is 0 Å². The Bertz CT molecular complexity index is 1110. The number of ketones is 1. The first-order chi connectivity index (χ1) is 18.3. The Hall–Kier alpha value is -2.14. The van der Waals surface area contributed by atoms with Crippen molar-refractivity contribution in [1.29, 1.82) is 0 Å². The van der Waals surface area contributed by atoms with Crippen molar-refractivity contribution >= 4 is 11.8 Å². The largest absolute Gasteiger partial charge is 0.449 e. The van der Waals surface area contributed by atoms with E-state index in [1.807, 2.05) is 6.08 Å². The number of allylic oxidation sites excluding steroid dienone is 3. The van der Waals surface area contributed by atoms with E-state index < -0.39 is 76.8 Å². The number of rotatable bonds is 9. The third-order valence-electron chi connectivity index (χ3n) is 9.54. The van der Waals surface area contributed by atoms with E-state index in [1.165, 1.54) is 19.1 Å². The van der Waals surface area contributed by atoms with E-state index in [0.29, 0.717) is 5.57 Å². The summed E-state index contributed by atoms with van der Waals surface area (Å²) in [5.41, 5.74) is -7.36. The van der Waals surface area contributed by atoms with Crippen molar-refractivity contribution in [1.82, 2.24) is 0 Å². The van der Waals surface area contributed by atoms with Gasteiger partial charge in [0, 0.05) is 17.9 Å². The molecule has 0 radical (unpaired) electrons. The Labute approximate surface area is 229 Å². The lowest BCUT2D eigenvalue weighted by Crippen LogP contribution is -2.71. The molecule has 4 rings (SSSR count). The molecule has 0 bridgehead atoms. The maximum absolute atomic E-state index is 13.1. The van der Waals surface area contributed by atoms with Gasteiger partial charge in [0.25, 0.3) is 0 Å². The number of carbonyl (C=O) groups excluding carboxylic acids is 2. The van der Waals surface area contributed by atoms with Crippen LogP contribution in [-0.4, -0.2) is 84.6 Å². The number of hydrogen-bond donors (Lipinski definition) is 5. The Morgan fingerprint density at radius 1 is 1.26 bits per heavy atom. The zero-order valence-corrected chi connectivity index (χ0v) is 23.2. The van der Waals surface area contributed by atoms with Gasteiger partial charge in [0.15, 0.2) is 17.0 Å². The third-order valence-corrected chi connectivity index (χ3v) is 9.54. The second-order valence-corrected chi connectivity index (χ2v) is 11.9. The first-order valence-corrected chi connectivity index (χ1v) is 13.8. The van der Waals surface area contributed by atoms with Gasteiger partial charge in [-0.1, -0.05) is 57.6 Å². The van der Waals surface area contributed by atoms with Gasteiger partial charge < -0.3 is 35.0 Å². The van der Waals surface area contributed by atoms with Crippen LogP contribution >= 0.6 is 0 Å². The molecule has 1 saturated heterocycles. The number of carbonyl (C=O) groups is 2. The Balaban J connectivity index is 1.70. The van der Waals surface area contributed by atoms with E-state index >= 15 is 0 Å². The summed E-state index contributed by atoms with van der Waals surface area (Å²) in [5, 5.41) is 57.4. The van der Waals surface area contributed by atoms with Gasteiger partial charge in [-0.25, -0.2) is 4.79 Å². The van der Waals surface area contributed by atoms with Gasteiger partial charge in [0.05, 0.1) is 12.2 Å². The minimum atomic E-state index is -2.47. The van der Waals surface area contributed by atoms with Crippen molar-refractivity contribution in [3.63, 3.8) is 0 Å². The van der Waals surface area contributed by atoms with Gasteiger partial charge in [0.1, 0.15) is 23.9 Å². The highest BCUT2D eigenvalue weighted by atomic mass is 16.6. The van der Waals surface area contributed by atoms with Crippen LogP contribution in [0, 0.1) is 17.8 Å². The number of esters is 1. The van der Waals surface area contributed by atoms with Gasteiger partial charge in [0.2, 0.25) is 0 Å². The molecule has 1 heterocycles. The Kier molecular flexibility index (Phi) is 7.92. The average molecular weight is 547 g/mol. The maximum Gasteiger partial charge on any atom is 0.331 e. The summed E-state index contributed by atoms with van der Waals surface area (Å²) in [7, 11) is 0. The molecular formula is C30H42O9. The monoisotopic (exact) mass is 546 g/mol. The van der Waals surface area contributed by atoms with Crippen LogP contribution < -0.4 is 0 Å². The molecule has 9 nitrogen and oxygen atoms in total. The van der Waals surface area contributed by atoms with E-state index in [2.05, 4.69) is 13.5 Å². The molecule has 1 aliphatic heterocycles. The highest BCUT2D eigenvalue weighted by Gasteiger charge is 2.83. The highest BCUT2D eigenvalue weighted by Crippen LogP contribution is 2.65. The summed E-state index contributed by atoms with van der Waals surface area (Å²) in [4.78, 5) is 26.1. The minimum Gasteiger partial charge on any atom is -0.449 e. The summed E-state index contributed by atoms with van der Waals surface area (Å²) in [6.45, 7) is 10.1. The van der Waals surface area contributed by atoms with Crippen molar-refractivity contribution in [2.24, 2.45) is 17.8 Å². The number of fused-ring (bicyclic) bond motifs is 5. The van der Waals surface area contributed by atoms with Crippen LogP contribution in [0.3, 0.4) is 0 Å². The normalized spacial score (nSPS) is 44.9. The predicted molar refractivity (Wildman–Crippen MR) is 142 cm³/mol. The number of epoxide rings is 1. The SMILES string of the molecule is C=C(C)C1(OC(=O)C=CC=CCCCCC)CC(C)C2(O)C(C1O)C1OC1(CO)C(O)C1(O)C(=O)C(C)=CC12. The lowest BCUT2D eigenvalue weighted by Gasteiger charge is -2.57. The van der Waals surface area contributed by atoms with Crippen molar-refractivity contribution < 1.29 is 44.6 Å². The van der Waals surface area contributed by atoms with Crippen molar-refractivity contribution in [2.45, 2.75) is 101 Å². The maximum atomic E-state index is 13.1. The summed E-state index contributed by atoms with van der Waals surface area (Å²) in [5.74, 6) is -4.79. The van der Waals surface area contributed by atoms with E-state index in [0.717, 1.165) is 25.7 Å². The molecule has 4 aliphatic rings. The lowest BCUT2D eigenvalue weighted by atomic mass is 9.54. The molecule has 0 aromatic carbocycles. The molecule has 10 unspecified atom stereocenters. The van der Waals surface area contributed by atoms with E-state index in [-0.39, 0.29) is 12.0 Å². The number of aliphatic hydroxyl groups excluding tert-OH is 3. The van der Waals surface area contributed by atoms with Crippen molar-refractivity contribution in [3.8, 4) is 0 Å². The zero-order chi connectivity index (χ0) is 29.0. The predicted octanol–water partition coefficient (Wildman–Crippen LogP) is 1.67. The van der Waals surface area contributed by atoms with Gasteiger partial charge in [-0.15, -0.1) is 0 Å². The minimum absolute atomic E-state index is 0.0640.